The molecule has 1 saturated heterocycles. The summed E-state index contributed by atoms with van der Waals surface area (Å²) in [5, 5.41) is 2.44. The average molecular weight is 340 g/mol. The first kappa shape index (κ1) is 15.1. The molecule has 3 heteroatoms. The number of rotatable bonds is 2. The van der Waals surface area contributed by atoms with E-state index >= 15 is 0 Å². The number of fused-ring (bicyclic) bond motifs is 1. The molecule has 4 rings (SSSR count). The van der Waals surface area contributed by atoms with Crippen LogP contribution in [0, 0.1) is 5.82 Å². The minimum absolute atomic E-state index is 0.109. The smallest absolute Gasteiger partial charge is 0.129 e. The van der Waals surface area contributed by atoms with Crippen molar-refractivity contribution in [2.75, 3.05) is 11.5 Å². The van der Waals surface area contributed by atoms with Crippen molar-refractivity contribution in [1.82, 2.24) is 0 Å². The average Bonchev–Trinajstić information content (AvgIpc) is 2.62. The zero-order chi connectivity index (χ0) is 15.7. The van der Waals surface area contributed by atoms with E-state index in [1.807, 2.05) is 35.7 Å². The summed E-state index contributed by atoms with van der Waals surface area (Å²) in [6.07, 6.45) is 1.18. The Morgan fingerprint density at radius 3 is 2.22 bits per heavy atom. The van der Waals surface area contributed by atoms with Gasteiger partial charge >= 0.3 is 0 Å². The van der Waals surface area contributed by atoms with E-state index in [1.165, 1.54) is 22.8 Å². The molecule has 1 aliphatic heterocycles. The van der Waals surface area contributed by atoms with Crippen molar-refractivity contribution in [3.63, 3.8) is 0 Å². The molecule has 0 aliphatic carbocycles. The molecule has 0 bridgehead atoms. The Kier molecular flexibility index (Phi) is 4.08. The molecule has 0 saturated carbocycles. The van der Waals surface area contributed by atoms with Crippen LogP contribution in [0.25, 0.3) is 10.8 Å². The van der Waals surface area contributed by atoms with Gasteiger partial charge in [0, 0.05) is 5.56 Å². The fourth-order valence-electron chi connectivity index (χ4n) is 3.23. The Morgan fingerprint density at radius 1 is 0.739 bits per heavy atom. The van der Waals surface area contributed by atoms with Gasteiger partial charge in [0.15, 0.2) is 0 Å². The van der Waals surface area contributed by atoms with Gasteiger partial charge in [-0.05, 0) is 40.3 Å². The summed E-state index contributed by atoms with van der Waals surface area (Å²) in [4.78, 5) is 0. The van der Waals surface area contributed by atoms with Gasteiger partial charge in [0.05, 0.1) is 0 Å². The Labute approximate surface area is 144 Å². The van der Waals surface area contributed by atoms with Crippen molar-refractivity contribution in [1.29, 1.82) is 0 Å². The molecule has 116 valence electrons. The fourth-order valence-corrected chi connectivity index (χ4v) is 6.71. The Morgan fingerprint density at radius 2 is 1.39 bits per heavy atom. The zero-order valence-corrected chi connectivity index (χ0v) is 14.3. The molecule has 0 radical (unpaired) electrons. The van der Waals surface area contributed by atoms with Crippen molar-refractivity contribution in [3.05, 3.63) is 83.7 Å². The van der Waals surface area contributed by atoms with Crippen LogP contribution in [0.2, 0.25) is 0 Å². The van der Waals surface area contributed by atoms with Crippen molar-refractivity contribution in [2.45, 2.75) is 10.5 Å². The molecule has 0 atom stereocenters. The summed E-state index contributed by atoms with van der Waals surface area (Å²) >= 11 is 3.74. The van der Waals surface area contributed by atoms with Crippen LogP contribution in [0.1, 0.15) is 17.5 Å². The lowest BCUT2D eigenvalue weighted by Gasteiger charge is -2.38. The SMILES string of the molecule is Fc1ccccc1C1(c2cccc3ccccc23)SCCCS1. The topological polar surface area (TPSA) is 0 Å². The molecule has 1 aliphatic rings. The van der Waals surface area contributed by atoms with Crippen LogP contribution < -0.4 is 0 Å². The van der Waals surface area contributed by atoms with E-state index < -0.39 is 0 Å². The molecule has 1 fully saturated rings. The monoisotopic (exact) mass is 340 g/mol. The molecule has 0 amide bonds. The van der Waals surface area contributed by atoms with Gasteiger partial charge in [-0.2, -0.15) is 0 Å². The maximum Gasteiger partial charge on any atom is 0.129 e. The predicted molar refractivity (Wildman–Crippen MR) is 101 cm³/mol. The second-order valence-corrected chi connectivity index (χ2v) is 8.55. The van der Waals surface area contributed by atoms with E-state index in [9.17, 15) is 4.39 Å². The van der Waals surface area contributed by atoms with Crippen LogP contribution in [0.4, 0.5) is 4.39 Å². The van der Waals surface area contributed by atoms with Gasteiger partial charge in [0.25, 0.3) is 0 Å². The van der Waals surface area contributed by atoms with E-state index in [-0.39, 0.29) is 9.90 Å². The summed E-state index contributed by atoms with van der Waals surface area (Å²) in [5.74, 6) is 2.01. The normalized spacial score (nSPS) is 17.3. The van der Waals surface area contributed by atoms with Gasteiger partial charge in [-0.15, -0.1) is 23.5 Å². The highest BCUT2D eigenvalue weighted by Gasteiger charge is 2.40. The Balaban J connectivity index is 2.01. The highest BCUT2D eigenvalue weighted by Crippen LogP contribution is 2.56. The molecule has 0 nitrogen and oxygen atoms in total. The van der Waals surface area contributed by atoms with Gasteiger partial charge in [-0.3, -0.25) is 0 Å². The standard InChI is InChI=1S/C20H17FS2/c21-19-12-4-3-10-18(19)20(22-13-6-14-23-20)17-11-5-8-15-7-1-2-9-16(15)17/h1-5,7-12H,6,13-14H2. The molecule has 3 aromatic carbocycles. The van der Waals surface area contributed by atoms with Gasteiger partial charge in [0.1, 0.15) is 9.90 Å². The molecule has 0 N–H and O–H groups in total. The van der Waals surface area contributed by atoms with Crippen LogP contribution in [-0.4, -0.2) is 11.5 Å². The summed E-state index contributed by atoms with van der Waals surface area (Å²) in [6.45, 7) is 0. The molecule has 0 unspecified atom stereocenters. The Hall–Kier alpha value is -1.45. The number of hydrogen-bond acceptors (Lipinski definition) is 2. The lowest BCUT2D eigenvalue weighted by atomic mass is 9.97. The molecule has 23 heavy (non-hydrogen) atoms. The Bertz CT molecular complexity index is 832. The number of hydrogen-bond donors (Lipinski definition) is 0. The summed E-state index contributed by atoms with van der Waals surface area (Å²) < 4.78 is 14.3. The minimum Gasteiger partial charge on any atom is -0.207 e. The molecular formula is C20H17FS2. The van der Waals surface area contributed by atoms with Gasteiger partial charge in [-0.25, -0.2) is 4.39 Å². The molecule has 0 spiro atoms. The van der Waals surface area contributed by atoms with E-state index in [4.69, 9.17) is 0 Å². The maximum atomic E-state index is 14.7. The van der Waals surface area contributed by atoms with Crippen LogP contribution in [0.15, 0.2) is 66.7 Å². The first-order valence-electron chi connectivity index (χ1n) is 7.82. The van der Waals surface area contributed by atoms with Gasteiger partial charge < -0.3 is 0 Å². The molecular weight excluding hydrogens is 323 g/mol. The third-order valence-electron chi connectivity index (χ3n) is 4.27. The number of thioether (sulfide) groups is 2. The highest BCUT2D eigenvalue weighted by atomic mass is 32.2. The quantitative estimate of drug-likeness (QED) is 0.557. The fraction of sp³-hybridized carbons (Fsp3) is 0.200. The number of benzene rings is 3. The van der Waals surface area contributed by atoms with E-state index in [2.05, 4.69) is 42.5 Å². The lowest BCUT2D eigenvalue weighted by Crippen LogP contribution is -2.25. The van der Waals surface area contributed by atoms with Gasteiger partial charge in [-0.1, -0.05) is 60.7 Å². The van der Waals surface area contributed by atoms with Crippen molar-refractivity contribution in [2.24, 2.45) is 0 Å². The van der Waals surface area contributed by atoms with Crippen LogP contribution >= 0.6 is 23.5 Å². The molecule has 3 aromatic rings. The summed E-state index contributed by atoms with van der Waals surface area (Å²) in [5.41, 5.74) is 2.02. The second-order valence-electron chi connectivity index (χ2n) is 5.67. The van der Waals surface area contributed by atoms with Crippen molar-refractivity contribution >= 4 is 34.3 Å². The third-order valence-corrected chi connectivity index (χ3v) is 7.66. The van der Waals surface area contributed by atoms with Crippen LogP contribution in [0.5, 0.6) is 0 Å². The lowest BCUT2D eigenvalue weighted by molar-refractivity contribution is 0.609. The third kappa shape index (κ3) is 2.56. The summed E-state index contributed by atoms with van der Waals surface area (Å²) in [7, 11) is 0. The minimum atomic E-state index is -0.357. The van der Waals surface area contributed by atoms with Crippen LogP contribution in [0.3, 0.4) is 0 Å². The van der Waals surface area contributed by atoms with Crippen molar-refractivity contribution < 1.29 is 4.39 Å². The largest absolute Gasteiger partial charge is 0.207 e. The second kappa shape index (κ2) is 6.21. The van der Waals surface area contributed by atoms with Crippen LogP contribution in [-0.2, 0) is 4.08 Å². The number of halogens is 1. The first-order chi connectivity index (χ1) is 11.3. The zero-order valence-electron chi connectivity index (χ0n) is 12.7. The highest BCUT2D eigenvalue weighted by molar-refractivity contribution is 8.18. The van der Waals surface area contributed by atoms with E-state index in [0.717, 1.165) is 17.1 Å². The maximum absolute atomic E-state index is 14.7. The van der Waals surface area contributed by atoms with E-state index in [0.29, 0.717) is 0 Å². The van der Waals surface area contributed by atoms with Gasteiger partial charge in [0.2, 0.25) is 0 Å². The molecule has 1 heterocycles. The summed E-state index contributed by atoms with van der Waals surface area (Å²) in [6, 6.07) is 22.1. The molecule has 0 aromatic heterocycles. The van der Waals surface area contributed by atoms with E-state index in [1.54, 1.807) is 12.1 Å². The first-order valence-corrected chi connectivity index (χ1v) is 9.79. The predicted octanol–water partition coefficient (Wildman–Crippen LogP) is 6.05. The van der Waals surface area contributed by atoms with Crippen molar-refractivity contribution in [3.8, 4) is 0 Å².